The van der Waals surface area contributed by atoms with E-state index in [1.54, 1.807) is 47.0 Å². The molecule has 0 atom stereocenters. The summed E-state index contributed by atoms with van der Waals surface area (Å²) in [7, 11) is 0. The lowest BCUT2D eigenvalue weighted by Crippen LogP contribution is -2.39. The highest BCUT2D eigenvalue weighted by Gasteiger charge is 2.26. The fourth-order valence-corrected chi connectivity index (χ4v) is 4.18. The summed E-state index contributed by atoms with van der Waals surface area (Å²) in [5.41, 5.74) is 2.21. The number of hydrogen-bond acceptors (Lipinski definition) is 5. The van der Waals surface area contributed by atoms with E-state index in [1.807, 2.05) is 6.92 Å². The van der Waals surface area contributed by atoms with E-state index in [1.165, 1.54) is 0 Å². The van der Waals surface area contributed by atoms with Crippen LogP contribution in [0.15, 0.2) is 51.7 Å². The number of piperidine rings is 1. The molecule has 2 heterocycles. The number of amides is 1. The van der Waals surface area contributed by atoms with E-state index in [-0.39, 0.29) is 17.7 Å². The van der Waals surface area contributed by atoms with E-state index in [4.69, 9.17) is 16.0 Å². The second-order valence-corrected chi connectivity index (χ2v) is 8.15. The Hall–Kier alpha value is -2.90. The van der Waals surface area contributed by atoms with Gasteiger partial charge in [0.1, 0.15) is 0 Å². The minimum Gasteiger partial charge on any atom is -0.408 e. The molecule has 1 aliphatic rings. The molecule has 4 rings (SSSR count). The summed E-state index contributed by atoms with van der Waals surface area (Å²) in [6.45, 7) is 4.13. The Balaban J connectivity index is 1.44. The first-order valence-corrected chi connectivity index (χ1v) is 10.8. The van der Waals surface area contributed by atoms with E-state index >= 15 is 0 Å². The Labute approximate surface area is 184 Å². The molecule has 0 bridgehead atoms. The van der Waals surface area contributed by atoms with Gasteiger partial charge in [0.05, 0.1) is 12.1 Å². The number of halogens is 1. The molecule has 31 heavy (non-hydrogen) atoms. The third kappa shape index (κ3) is 4.57. The van der Waals surface area contributed by atoms with Crippen LogP contribution in [-0.2, 0) is 0 Å². The quantitative estimate of drug-likeness (QED) is 0.591. The molecule has 1 aliphatic heterocycles. The summed E-state index contributed by atoms with van der Waals surface area (Å²) < 4.78 is 7.10. The van der Waals surface area contributed by atoms with Gasteiger partial charge >= 0.3 is 5.76 Å². The fraction of sp³-hybridized carbons (Fsp3) is 0.348. The van der Waals surface area contributed by atoms with Gasteiger partial charge in [0, 0.05) is 41.8 Å². The summed E-state index contributed by atoms with van der Waals surface area (Å²) in [6, 6.07) is 12.0. The molecular formula is C23H24ClN3O4. The number of carbonyl (C=O) groups excluding carboxylic acids is 2. The molecule has 0 saturated carbocycles. The Bertz CT molecular complexity index is 1160. The number of ketones is 1. The summed E-state index contributed by atoms with van der Waals surface area (Å²) in [4.78, 5) is 39.2. The monoisotopic (exact) mass is 441 g/mol. The molecule has 8 heteroatoms. The first-order valence-electron chi connectivity index (χ1n) is 10.4. The van der Waals surface area contributed by atoms with Crippen molar-refractivity contribution in [3.05, 3.63) is 69.2 Å². The average Bonchev–Trinajstić information content (AvgIpc) is 3.09. The standard InChI is InChI=1S/C23H24ClN3O4/c1-2-25-22(29)16-5-8-19-21(13-16)31-23(30)27(19)18-9-11-26(12-10-18)14-20(28)15-3-6-17(24)7-4-15/h3-8,13,18H,2,9-12,14H2,1H3,(H,25,29). The fourth-order valence-electron chi connectivity index (χ4n) is 4.05. The number of fused-ring (bicyclic) bond motifs is 1. The predicted octanol–water partition coefficient (Wildman–Crippen LogP) is 3.52. The topological polar surface area (TPSA) is 84.6 Å². The van der Waals surface area contributed by atoms with E-state index in [0.29, 0.717) is 53.4 Å². The van der Waals surface area contributed by atoms with Crippen LogP contribution in [0.25, 0.3) is 11.1 Å². The van der Waals surface area contributed by atoms with Gasteiger partial charge in [0.2, 0.25) is 0 Å². The Morgan fingerprint density at radius 3 is 2.45 bits per heavy atom. The molecule has 1 saturated heterocycles. The summed E-state index contributed by atoms with van der Waals surface area (Å²) in [6.07, 6.45) is 1.47. The number of nitrogens with one attached hydrogen (secondary N) is 1. The lowest BCUT2D eigenvalue weighted by atomic mass is 10.0. The molecule has 2 aromatic carbocycles. The number of nitrogens with zero attached hydrogens (tertiary/aromatic N) is 2. The van der Waals surface area contributed by atoms with Crippen LogP contribution in [0.3, 0.4) is 0 Å². The number of rotatable bonds is 6. The van der Waals surface area contributed by atoms with Gasteiger partial charge in [-0.1, -0.05) is 11.6 Å². The number of likely N-dealkylation sites (tertiary alicyclic amines) is 1. The predicted molar refractivity (Wildman–Crippen MR) is 119 cm³/mol. The van der Waals surface area contributed by atoms with Crippen molar-refractivity contribution < 1.29 is 14.0 Å². The van der Waals surface area contributed by atoms with Crippen LogP contribution in [0.4, 0.5) is 0 Å². The van der Waals surface area contributed by atoms with Crippen molar-refractivity contribution in [1.82, 2.24) is 14.8 Å². The second-order valence-electron chi connectivity index (χ2n) is 7.72. The van der Waals surface area contributed by atoms with Crippen molar-refractivity contribution in [1.29, 1.82) is 0 Å². The van der Waals surface area contributed by atoms with Crippen LogP contribution < -0.4 is 11.1 Å². The molecule has 7 nitrogen and oxygen atoms in total. The van der Waals surface area contributed by atoms with E-state index < -0.39 is 5.76 Å². The lowest BCUT2D eigenvalue weighted by Gasteiger charge is -2.31. The minimum atomic E-state index is -0.418. The maximum atomic E-state index is 12.5. The van der Waals surface area contributed by atoms with Gasteiger partial charge in [-0.15, -0.1) is 0 Å². The summed E-state index contributed by atoms with van der Waals surface area (Å²) in [5, 5.41) is 3.35. The SMILES string of the molecule is CCNC(=O)c1ccc2c(c1)oc(=O)n2C1CCN(CC(=O)c2ccc(Cl)cc2)CC1. The van der Waals surface area contributed by atoms with Crippen LogP contribution in [0.5, 0.6) is 0 Å². The molecular weight excluding hydrogens is 418 g/mol. The van der Waals surface area contributed by atoms with E-state index in [2.05, 4.69) is 10.2 Å². The van der Waals surface area contributed by atoms with E-state index in [0.717, 1.165) is 12.8 Å². The number of aromatic nitrogens is 1. The van der Waals surface area contributed by atoms with Crippen LogP contribution in [-0.4, -0.2) is 47.3 Å². The lowest BCUT2D eigenvalue weighted by molar-refractivity contribution is 0.0896. The van der Waals surface area contributed by atoms with Gasteiger partial charge in [0.25, 0.3) is 5.91 Å². The summed E-state index contributed by atoms with van der Waals surface area (Å²) in [5.74, 6) is -0.559. The molecule has 1 fully saturated rings. The van der Waals surface area contributed by atoms with Crippen molar-refractivity contribution in [2.24, 2.45) is 0 Å². The molecule has 0 spiro atoms. The second kappa shape index (κ2) is 9.08. The summed E-state index contributed by atoms with van der Waals surface area (Å²) >= 11 is 5.89. The Kier molecular flexibility index (Phi) is 6.25. The molecule has 3 aromatic rings. The first kappa shape index (κ1) is 21.3. The highest BCUT2D eigenvalue weighted by atomic mass is 35.5. The van der Waals surface area contributed by atoms with Gasteiger partial charge in [-0.3, -0.25) is 19.1 Å². The highest BCUT2D eigenvalue weighted by molar-refractivity contribution is 6.30. The molecule has 0 unspecified atom stereocenters. The minimum absolute atomic E-state index is 0.00838. The van der Waals surface area contributed by atoms with Gasteiger partial charge in [0.15, 0.2) is 11.4 Å². The molecule has 0 radical (unpaired) electrons. The van der Waals surface area contributed by atoms with Crippen molar-refractivity contribution in [2.75, 3.05) is 26.2 Å². The van der Waals surface area contributed by atoms with Crippen LogP contribution >= 0.6 is 11.6 Å². The highest BCUT2D eigenvalue weighted by Crippen LogP contribution is 2.26. The zero-order chi connectivity index (χ0) is 22.0. The number of oxazole rings is 1. The van der Waals surface area contributed by atoms with Crippen LogP contribution in [0.2, 0.25) is 5.02 Å². The van der Waals surface area contributed by atoms with Crippen molar-refractivity contribution in [2.45, 2.75) is 25.8 Å². The van der Waals surface area contributed by atoms with Crippen molar-refractivity contribution in [3.8, 4) is 0 Å². The maximum absolute atomic E-state index is 12.5. The average molecular weight is 442 g/mol. The van der Waals surface area contributed by atoms with E-state index in [9.17, 15) is 14.4 Å². The van der Waals surface area contributed by atoms with Crippen LogP contribution in [0.1, 0.15) is 46.5 Å². The smallest absolute Gasteiger partial charge is 0.408 e. The number of carbonyl (C=O) groups is 2. The van der Waals surface area contributed by atoms with Gasteiger partial charge in [-0.05, 0) is 62.2 Å². The largest absolute Gasteiger partial charge is 0.420 e. The normalized spacial score (nSPS) is 15.3. The number of Topliss-reactive ketones (excluding diaryl/α,β-unsaturated/α-hetero) is 1. The number of hydrogen-bond donors (Lipinski definition) is 1. The Morgan fingerprint density at radius 2 is 1.77 bits per heavy atom. The van der Waals surface area contributed by atoms with Crippen LogP contribution in [0, 0.1) is 0 Å². The molecule has 162 valence electrons. The van der Waals surface area contributed by atoms with Gasteiger partial charge in [-0.2, -0.15) is 0 Å². The third-order valence-corrected chi connectivity index (χ3v) is 5.92. The molecule has 1 N–H and O–H groups in total. The zero-order valence-corrected chi connectivity index (χ0v) is 18.0. The molecule has 0 aliphatic carbocycles. The Morgan fingerprint density at radius 1 is 1.10 bits per heavy atom. The maximum Gasteiger partial charge on any atom is 0.420 e. The zero-order valence-electron chi connectivity index (χ0n) is 17.3. The number of benzene rings is 2. The first-order chi connectivity index (χ1) is 15.0. The molecule has 1 amide bonds. The van der Waals surface area contributed by atoms with Gasteiger partial charge in [-0.25, -0.2) is 4.79 Å². The van der Waals surface area contributed by atoms with Crippen molar-refractivity contribution in [3.63, 3.8) is 0 Å². The van der Waals surface area contributed by atoms with Crippen molar-refractivity contribution >= 4 is 34.4 Å². The van der Waals surface area contributed by atoms with Gasteiger partial charge < -0.3 is 9.73 Å². The molecule has 1 aromatic heterocycles. The third-order valence-electron chi connectivity index (χ3n) is 5.67.